The molecule has 0 aliphatic rings. The quantitative estimate of drug-likeness (QED) is 0.0166. The van der Waals surface area contributed by atoms with Crippen molar-refractivity contribution < 1.29 is 67.7 Å². The highest BCUT2D eigenvalue weighted by Gasteiger charge is 2.36. The number of thioether (sulfide) groups is 2. The van der Waals surface area contributed by atoms with Crippen LogP contribution in [0.2, 0.25) is 0 Å². The summed E-state index contributed by atoms with van der Waals surface area (Å²) in [6.07, 6.45) is 3.04. The highest BCUT2D eigenvalue weighted by Crippen LogP contribution is 2.15. The van der Waals surface area contributed by atoms with Gasteiger partial charge >= 0.3 is 5.97 Å². The molecule has 0 aliphatic heterocycles. The monoisotopic (exact) mass is 1640 g/mol. The van der Waals surface area contributed by atoms with Crippen molar-refractivity contribution in [3.8, 4) is 5.75 Å². The number of carbonyl (C=O) groups is 12. The van der Waals surface area contributed by atoms with Crippen molar-refractivity contribution >= 4 is 130 Å². The lowest BCUT2D eigenvalue weighted by molar-refractivity contribution is -0.142. The minimum Gasteiger partial charge on any atom is -0.508 e. The fraction of sp³-hybridized carbons (Fsp3) is 0.559. The standard InChI is InChI=1S/C68H116N30O14S2/c1-113-32-24-47(60(109)98-49(35-39-20-22-40(99)23-21-39)54(103)89-36-51(100)88-37-52(101)90-50(34-38-12-4-3-5-13-38)61(110)97-48(62(111)112)25-33-114-2)96-59(108)46(19-11-31-87-68(80)81)95-58(107)45(18-10-30-86-67(78)79)94-57(106)44(17-9-29-85-66(76)77)93-56(105)43(16-8-28-84-65(74)75)92-55(104)42(15-7-27-83-64(72)73)91-53(102)41(69)14-6-26-82-63(70)71/h3-5,12-13,20-23,41-50,99H,6-11,14-19,24-37,69H2,1-2H3,(H,88,100)(H,89,103)(H,90,101)(H,91,102)(H,92,104)(H,93,105)(H,94,106)(H,95,107)(H,96,108)(H,97,110)(H,98,109)(H,111,112)(H4,70,71,82)(H4,72,73,83)(H4,74,75,84)(H4,76,77,85)(H4,78,79,86)(H4,80,81,87)/t41-,42-,43-,44-,45-,46-,47-,48-,49-,50-/m0/s1. The Hall–Kier alpha value is -11.8. The van der Waals surface area contributed by atoms with Gasteiger partial charge in [-0.3, -0.25) is 85.2 Å². The van der Waals surface area contributed by atoms with E-state index in [0.29, 0.717) is 23.3 Å². The molecule has 2 aromatic carbocycles. The number of phenols is 1. The van der Waals surface area contributed by atoms with Gasteiger partial charge in [-0.25, -0.2) is 4.79 Å². The zero-order valence-electron chi connectivity index (χ0n) is 64.0. The van der Waals surface area contributed by atoms with Crippen LogP contribution < -0.4 is 131 Å². The van der Waals surface area contributed by atoms with E-state index in [9.17, 15) is 67.7 Å². The Bertz CT molecular complexity index is 3520. The van der Waals surface area contributed by atoms with Gasteiger partial charge in [-0.05, 0) is 137 Å². The molecule has 0 aromatic heterocycles. The van der Waals surface area contributed by atoms with Crippen LogP contribution in [0.15, 0.2) is 54.6 Å². The van der Waals surface area contributed by atoms with Crippen LogP contribution in [-0.2, 0) is 70.4 Å². The van der Waals surface area contributed by atoms with Gasteiger partial charge in [0.15, 0.2) is 35.8 Å². The molecule has 0 aliphatic carbocycles. The molecule has 0 unspecified atom stereocenters. The molecule has 0 spiro atoms. The van der Waals surface area contributed by atoms with Gasteiger partial charge in [-0.1, -0.05) is 42.5 Å². The highest BCUT2D eigenvalue weighted by molar-refractivity contribution is 7.98. The first-order valence-corrected chi connectivity index (χ1v) is 39.4. The number of nitrogens with one attached hydrogen (secondary N) is 23. The SMILES string of the molecule is CSCC[C@H](NC(=O)[C@H](Cc1ccccc1)NC(=O)CNC(=O)CNC(=O)[C@H](Cc1ccc(O)cc1)NC(=O)[C@H](CCSC)NC(=O)[C@H](CCCNC(=N)N)NC(=O)[C@H](CCCNC(=N)N)NC(=O)[C@H](CCCNC(=N)N)NC(=O)[C@H](CCCNC(=N)N)NC(=O)[C@H](CCCNC(=N)N)NC(=O)[C@@H](N)CCCNC(=N)N)C(=O)O. The molecule has 0 radical (unpaired) electrons. The number of carbonyl (C=O) groups excluding carboxylic acids is 11. The summed E-state index contributed by atoms with van der Waals surface area (Å²) in [5.41, 5.74) is 40.3. The number of hydrogen-bond donors (Lipinski definition) is 32. The van der Waals surface area contributed by atoms with E-state index < -0.39 is 168 Å². The Kier molecular flexibility index (Phi) is 47.9. The molecule has 2 aromatic rings. The van der Waals surface area contributed by atoms with Crippen LogP contribution >= 0.6 is 23.5 Å². The maximum absolute atomic E-state index is 14.9. The third-order valence-corrected chi connectivity index (χ3v) is 18.0. The van der Waals surface area contributed by atoms with Crippen LogP contribution in [0.3, 0.4) is 0 Å². The second-order valence-corrected chi connectivity index (χ2v) is 28.0. The highest BCUT2D eigenvalue weighted by atomic mass is 32.2. The van der Waals surface area contributed by atoms with Crippen LogP contribution in [0, 0.1) is 32.5 Å². The van der Waals surface area contributed by atoms with Crippen molar-refractivity contribution in [3.63, 3.8) is 0 Å². The van der Waals surface area contributed by atoms with Crippen molar-refractivity contribution in [3.05, 3.63) is 65.7 Å². The number of carboxylic acid groups (broad SMARTS) is 1. The van der Waals surface area contributed by atoms with Gasteiger partial charge in [0, 0.05) is 52.1 Å². The summed E-state index contributed by atoms with van der Waals surface area (Å²) >= 11 is 2.66. The smallest absolute Gasteiger partial charge is 0.326 e. The Morgan fingerprint density at radius 1 is 0.333 bits per heavy atom. The second kappa shape index (κ2) is 55.6. The zero-order valence-corrected chi connectivity index (χ0v) is 65.6. The number of phenolic OH excluding ortho intramolecular Hbond substituents is 1. The van der Waals surface area contributed by atoms with Crippen LogP contribution in [0.4, 0.5) is 0 Å². The summed E-state index contributed by atoms with van der Waals surface area (Å²) < 4.78 is 0. The molecular formula is C68H116N30O14S2. The molecule has 10 atom stereocenters. The van der Waals surface area contributed by atoms with Crippen molar-refractivity contribution in [2.45, 2.75) is 163 Å². The summed E-state index contributed by atoms with van der Waals surface area (Å²) in [6, 6.07) is -0.00841. The average molecular weight is 1640 g/mol. The van der Waals surface area contributed by atoms with E-state index >= 15 is 0 Å². The van der Waals surface area contributed by atoms with Crippen LogP contribution in [0.1, 0.15) is 101 Å². The summed E-state index contributed by atoms with van der Waals surface area (Å²) in [5.74, 6) is -13.0. The molecule has 0 fully saturated rings. The number of aliphatic carboxylic acids is 1. The number of carboxylic acids is 1. The number of aromatic hydroxyl groups is 1. The molecule has 114 heavy (non-hydrogen) atoms. The maximum Gasteiger partial charge on any atom is 0.326 e. The second-order valence-electron chi connectivity index (χ2n) is 26.1. The summed E-state index contributed by atoms with van der Waals surface area (Å²) in [6.45, 7) is -1.17. The molecule has 634 valence electrons. The fourth-order valence-electron chi connectivity index (χ4n) is 10.8. The predicted octanol–water partition coefficient (Wildman–Crippen LogP) is -7.73. The summed E-state index contributed by atoms with van der Waals surface area (Å²) in [5, 5.41) is 110. The topological polar surface area (TPSA) is 775 Å². The lowest BCUT2D eigenvalue weighted by atomic mass is 10.0. The third kappa shape index (κ3) is 43.7. The van der Waals surface area contributed by atoms with E-state index in [2.05, 4.69) is 90.4 Å². The summed E-state index contributed by atoms with van der Waals surface area (Å²) in [4.78, 5) is 168. The van der Waals surface area contributed by atoms with Gasteiger partial charge in [-0.2, -0.15) is 23.5 Å². The van der Waals surface area contributed by atoms with E-state index in [1.54, 1.807) is 42.8 Å². The van der Waals surface area contributed by atoms with E-state index in [4.69, 9.17) is 72.6 Å². The number of nitrogens with two attached hydrogens (primary N) is 7. The zero-order chi connectivity index (χ0) is 85.1. The van der Waals surface area contributed by atoms with Gasteiger partial charge in [0.25, 0.3) is 0 Å². The van der Waals surface area contributed by atoms with Crippen molar-refractivity contribution in [1.82, 2.24) is 90.4 Å². The first-order valence-electron chi connectivity index (χ1n) is 36.6. The number of amides is 11. The molecule has 0 heterocycles. The number of rotatable bonds is 57. The minimum atomic E-state index is -1.57. The largest absolute Gasteiger partial charge is 0.508 e. The van der Waals surface area contributed by atoms with E-state index in [-0.39, 0.29) is 159 Å². The third-order valence-electron chi connectivity index (χ3n) is 16.7. The normalized spacial score (nSPS) is 13.4. The van der Waals surface area contributed by atoms with Gasteiger partial charge in [-0.15, -0.1) is 0 Å². The Morgan fingerprint density at radius 3 is 0.956 bits per heavy atom. The van der Waals surface area contributed by atoms with Crippen LogP contribution in [0.25, 0.3) is 0 Å². The van der Waals surface area contributed by atoms with Crippen molar-refractivity contribution in [2.75, 3.05) is 76.4 Å². The van der Waals surface area contributed by atoms with E-state index in [0.717, 1.165) is 0 Å². The first-order chi connectivity index (χ1) is 54.1. The van der Waals surface area contributed by atoms with E-state index in [1.807, 2.05) is 0 Å². The van der Waals surface area contributed by atoms with Crippen molar-refractivity contribution in [2.24, 2.45) is 40.1 Å². The van der Waals surface area contributed by atoms with Gasteiger partial charge < -0.3 is 141 Å². The minimum absolute atomic E-state index is 0.00992. The molecule has 46 heteroatoms. The lowest BCUT2D eigenvalue weighted by Crippen LogP contribution is -2.60. The lowest BCUT2D eigenvalue weighted by Gasteiger charge is -2.28. The molecule has 11 amide bonds. The first kappa shape index (κ1) is 98.2. The van der Waals surface area contributed by atoms with Crippen LogP contribution in [-0.4, -0.2) is 254 Å². The molecule has 0 saturated heterocycles. The Labute approximate surface area is 669 Å². The molecule has 0 bridgehead atoms. The molecular weight excluding hydrogens is 1530 g/mol. The van der Waals surface area contributed by atoms with Crippen molar-refractivity contribution in [1.29, 1.82) is 32.5 Å². The predicted molar refractivity (Wildman–Crippen MR) is 432 cm³/mol. The summed E-state index contributed by atoms with van der Waals surface area (Å²) in [7, 11) is 0. The van der Waals surface area contributed by atoms with Gasteiger partial charge in [0.2, 0.25) is 65.0 Å². The molecule has 2 rings (SSSR count). The van der Waals surface area contributed by atoms with Gasteiger partial charge in [0.05, 0.1) is 19.1 Å². The Balaban J connectivity index is 2.60. The number of hydrogen-bond acceptors (Lipinski definition) is 22. The van der Waals surface area contributed by atoms with Crippen LogP contribution in [0.5, 0.6) is 5.75 Å². The number of guanidine groups is 6. The number of benzene rings is 2. The fourth-order valence-corrected chi connectivity index (χ4v) is 11.7. The maximum atomic E-state index is 14.9. The molecule has 44 nitrogen and oxygen atoms in total. The molecule has 0 saturated carbocycles. The molecule has 39 N–H and O–H groups in total. The van der Waals surface area contributed by atoms with E-state index in [1.165, 1.54) is 47.8 Å². The average Bonchev–Trinajstić information content (AvgIpc) is 0.849. The Morgan fingerprint density at radius 2 is 0.614 bits per heavy atom. The van der Waals surface area contributed by atoms with Gasteiger partial charge in [0.1, 0.15) is 60.1 Å².